The molecule has 0 aliphatic carbocycles. The summed E-state index contributed by atoms with van der Waals surface area (Å²) in [4.78, 5) is 18.1. The summed E-state index contributed by atoms with van der Waals surface area (Å²) in [6.45, 7) is 1.05. The fraction of sp³-hybridized carbons (Fsp3) is 0.350. The van der Waals surface area contributed by atoms with Crippen LogP contribution in [0.2, 0.25) is 0 Å². The minimum absolute atomic E-state index is 0.137. The number of rotatable bonds is 5. The normalized spacial score (nSPS) is 14.0. The van der Waals surface area contributed by atoms with Gasteiger partial charge in [0.15, 0.2) is 0 Å². The molecule has 3 rings (SSSR count). The van der Waals surface area contributed by atoms with E-state index in [0.717, 1.165) is 22.5 Å². The van der Waals surface area contributed by atoms with Crippen LogP contribution in [0.5, 0.6) is 0 Å². The molecule has 25 heavy (non-hydrogen) atoms. The van der Waals surface area contributed by atoms with E-state index in [-0.39, 0.29) is 12.1 Å². The van der Waals surface area contributed by atoms with E-state index in [1.165, 1.54) is 0 Å². The lowest BCUT2D eigenvalue weighted by atomic mass is 9.96. The first-order chi connectivity index (χ1) is 12.0. The molecule has 1 fully saturated rings. The van der Waals surface area contributed by atoms with Crippen molar-refractivity contribution in [2.45, 2.75) is 6.04 Å². The molecule has 1 heterocycles. The van der Waals surface area contributed by atoms with Crippen molar-refractivity contribution in [3.05, 3.63) is 59.7 Å². The van der Waals surface area contributed by atoms with E-state index < -0.39 is 0 Å². The first-order valence-electron chi connectivity index (χ1n) is 8.45. The third-order valence-corrected chi connectivity index (χ3v) is 4.55. The van der Waals surface area contributed by atoms with Crippen LogP contribution in [0.15, 0.2) is 48.5 Å². The Kier molecular flexibility index (Phi) is 4.83. The van der Waals surface area contributed by atoms with Gasteiger partial charge in [-0.05, 0) is 35.4 Å². The summed E-state index contributed by atoms with van der Waals surface area (Å²) < 4.78 is 5.18. The summed E-state index contributed by atoms with van der Waals surface area (Å²) in [7, 11) is 8.07. The second-order valence-electron chi connectivity index (χ2n) is 6.68. The SMILES string of the molecule is CN(C)c1ccc(C(c2ccc(N(C)C)cc2)N2CCOC2=O)cc1. The van der Waals surface area contributed by atoms with Crippen LogP contribution in [0.1, 0.15) is 17.2 Å². The van der Waals surface area contributed by atoms with Crippen molar-refractivity contribution in [1.82, 2.24) is 4.90 Å². The lowest BCUT2D eigenvalue weighted by molar-refractivity contribution is 0.152. The lowest BCUT2D eigenvalue weighted by Gasteiger charge is -2.27. The zero-order valence-corrected chi connectivity index (χ0v) is 15.3. The number of hydrogen-bond donors (Lipinski definition) is 0. The molecule has 2 aromatic rings. The van der Waals surface area contributed by atoms with Crippen molar-refractivity contribution < 1.29 is 9.53 Å². The van der Waals surface area contributed by atoms with Gasteiger partial charge in [-0.1, -0.05) is 24.3 Å². The monoisotopic (exact) mass is 339 g/mol. The molecule has 0 aromatic heterocycles. The molecule has 0 N–H and O–H groups in total. The first kappa shape index (κ1) is 17.1. The third kappa shape index (κ3) is 3.55. The molecule has 1 aliphatic heterocycles. The number of ether oxygens (including phenoxy) is 1. The summed E-state index contributed by atoms with van der Waals surface area (Å²) in [6.07, 6.45) is -0.252. The van der Waals surface area contributed by atoms with E-state index in [9.17, 15) is 4.79 Å². The Bertz CT molecular complexity index is 672. The molecule has 1 aliphatic rings. The molecule has 0 saturated carbocycles. The Hall–Kier alpha value is -2.69. The molecule has 0 atom stereocenters. The van der Waals surface area contributed by atoms with Crippen molar-refractivity contribution in [3.8, 4) is 0 Å². The molecule has 1 saturated heterocycles. The number of anilines is 2. The number of hydrogen-bond acceptors (Lipinski definition) is 4. The highest BCUT2D eigenvalue weighted by molar-refractivity contribution is 5.71. The third-order valence-electron chi connectivity index (χ3n) is 4.55. The molecule has 5 nitrogen and oxygen atoms in total. The summed E-state index contributed by atoms with van der Waals surface area (Å²) in [5, 5.41) is 0. The van der Waals surface area contributed by atoms with Crippen molar-refractivity contribution in [2.75, 3.05) is 51.1 Å². The molecular weight excluding hydrogens is 314 g/mol. The van der Waals surface area contributed by atoms with Crippen molar-refractivity contribution in [3.63, 3.8) is 0 Å². The predicted octanol–water partition coefficient (Wildman–Crippen LogP) is 3.36. The van der Waals surface area contributed by atoms with E-state index in [1.54, 1.807) is 4.90 Å². The number of carbonyl (C=O) groups is 1. The molecule has 2 aromatic carbocycles. The smallest absolute Gasteiger partial charge is 0.410 e. The maximum absolute atomic E-state index is 12.2. The van der Waals surface area contributed by atoms with Crippen LogP contribution < -0.4 is 9.80 Å². The van der Waals surface area contributed by atoms with Crippen molar-refractivity contribution in [1.29, 1.82) is 0 Å². The molecule has 0 unspecified atom stereocenters. The minimum atomic E-state index is -0.252. The van der Waals surface area contributed by atoms with Crippen LogP contribution in [0, 0.1) is 0 Å². The molecular formula is C20H25N3O2. The number of benzene rings is 2. The number of carbonyl (C=O) groups excluding carboxylic acids is 1. The quantitative estimate of drug-likeness (QED) is 0.837. The van der Waals surface area contributed by atoms with Gasteiger partial charge in [0.05, 0.1) is 12.6 Å². The van der Waals surface area contributed by atoms with E-state index in [1.807, 2.05) is 28.2 Å². The second kappa shape index (κ2) is 7.05. The Balaban J connectivity index is 1.99. The van der Waals surface area contributed by atoms with Gasteiger partial charge in [-0.3, -0.25) is 4.90 Å². The van der Waals surface area contributed by atoms with Crippen molar-refractivity contribution >= 4 is 17.5 Å². The summed E-state index contributed by atoms with van der Waals surface area (Å²) in [5.74, 6) is 0. The van der Waals surface area contributed by atoms with Gasteiger partial charge < -0.3 is 14.5 Å². The highest BCUT2D eigenvalue weighted by Crippen LogP contribution is 2.32. The van der Waals surface area contributed by atoms with Gasteiger partial charge in [0, 0.05) is 39.6 Å². The Morgan fingerprint density at radius 3 is 1.60 bits per heavy atom. The molecule has 0 bridgehead atoms. The lowest BCUT2D eigenvalue weighted by Crippen LogP contribution is -2.30. The van der Waals surface area contributed by atoms with Gasteiger partial charge in [-0.15, -0.1) is 0 Å². The average Bonchev–Trinajstić information content (AvgIpc) is 3.02. The number of amides is 1. The highest BCUT2D eigenvalue weighted by atomic mass is 16.6. The largest absolute Gasteiger partial charge is 0.448 e. The average molecular weight is 339 g/mol. The molecule has 0 radical (unpaired) electrons. The Labute approximate surface area is 149 Å². The van der Waals surface area contributed by atoms with Crippen LogP contribution in [0.4, 0.5) is 16.2 Å². The molecule has 0 spiro atoms. The summed E-state index contributed by atoms with van der Waals surface area (Å²) in [6, 6.07) is 16.5. The Morgan fingerprint density at radius 1 is 0.840 bits per heavy atom. The molecule has 132 valence electrons. The van der Waals surface area contributed by atoms with Crippen LogP contribution in [-0.4, -0.2) is 52.3 Å². The fourth-order valence-electron chi connectivity index (χ4n) is 3.10. The topological polar surface area (TPSA) is 36.0 Å². The van der Waals surface area contributed by atoms with Crippen LogP contribution in [0.25, 0.3) is 0 Å². The van der Waals surface area contributed by atoms with E-state index in [4.69, 9.17) is 4.74 Å². The van der Waals surface area contributed by atoms with E-state index >= 15 is 0 Å². The van der Waals surface area contributed by atoms with Gasteiger partial charge in [0.2, 0.25) is 0 Å². The van der Waals surface area contributed by atoms with Gasteiger partial charge in [-0.2, -0.15) is 0 Å². The predicted molar refractivity (Wildman–Crippen MR) is 101 cm³/mol. The van der Waals surface area contributed by atoms with E-state index in [0.29, 0.717) is 13.2 Å². The standard InChI is InChI=1S/C20H25N3O2/c1-21(2)17-9-5-15(6-10-17)19(23-13-14-25-20(23)24)16-7-11-18(12-8-16)22(3)4/h5-12,19H,13-14H2,1-4H3. The Morgan fingerprint density at radius 2 is 1.28 bits per heavy atom. The number of nitrogens with zero attached hydrogens (tertiary/aromatic N) is 3. The first-order valence-corrected chi connectivity index (χ1v) is 8.45. The van der Waals surface area contributed by atoms with Gasteiger partial charge in [0.25, 0.3) is 0 Å². The highest BCUT2D eigenvalue weighted by Gasteiger charge is 2.32. The zero-order valence-electron chi connectivity index (χ0n) is 15.3. The second-order valence-corrected chi connectivity index (χ2v) is 6.68. The van der Waals surface area contributed by atoms with Crippen LogP contribution >= 0.6 is 0 Å². The fourth-order valence-corrected chi connectivity index (χ4v) is 3.10. The zero-order chi connectivity index (χ0) is 18.0. The van der Waals surface area contributed by atoms with Gasteiger partial charge in [0.1, 0.15) is 6.61 Å². The maximum atomic E-state index is 12.2. The van der Waals surface area contributed by atoms with Crippen LogP contribution in [0.3, 0.4) is 0 Å². The minimum Gasteiger partial charge on any atom is -0.448 e. The van der Waals surface area contributed by atoms with E-state index in [2.05, 4.69) is 58.3 Å². The van der Waals surface area contributed by atoms with Crippen molar-refractivity contribution in [2.24, 2.45) is 0 Å². The van der Waals surface area contributed by atoms with Gasteiger partial charge >= 0.3 is 6.09 Å². The number of cyclic esters (lactones) is 1. The summed E-state index contributed by atoms with van der Waals surface area (Å²) in [5.41, 5.74) is 4.44. The molecule has 1 amide bonds. The summed E-state index contributed by atoms with van der Waals surface area (Å²) >= 11 is 0. The molecule has 5 heteroatoms. The van der Waals surface area contributed by atoms with Gasteiger partial charge in [-0.25, -0.2) is 4.79 Å². The van der Waals surface area contributed by atoms with Crippen LogP contribution in [-0.2, 0) is 4.74 Å². The maximum Gasteiger partial charge on any atom is 0.410 e.